The van der Waals surface area contributed by atoms with Crippen molar-refractivity contribution in [2.75, 3.05) is 11.9 Å². The van der Waals surface area contributed by atoms with Crippen LogP contribution in [0.2, 0.25) is 0 Å². The summed E-state index contributed by atoms with van der Waals surface area (Å²) in [5.41, 5.74) is 3.70. The van der Waals surface area contributed by atoms with Gasteiger partial charge in [-0.2, -0.15) is 0 Å². The number of ether oxygens (including phenoxy) is 1. The van der Waals surface area contributed by atoms with E-state index in [0.29, 0.717) is 18.0 Å². The zero-order valence-corrected chi connectivity index (χ0v) is 17.9. The van der Waals surface area contributed by atoms with Gasteiger partial charge in [-0.05, 0) is 45.0 Å². The molecule has 4 aromatic rings. The lowest BCUT2D eigenvalue weighted by molar-refractivity contribution is 0.102. The molecular formula is C23H22N4O2S. The highest BCUT2D eigenvalue weighted by molar-refractivity contribution is 7.12. The van der Waals surface area contributed by atoms with Gasteiger partial charge >= 0.3 is 0 Å². The summed E-state index contributed by atoms with van der Waals surface area (Å²) in [4.78, 5) is 21.9. The van der Waals surface area contributed by atoms with Gasteiger partial charge in [0.15, 0.2) is 5.13 Å². The van der Waals surface area contributed by atoms with Gasteiger partial charge in [0.25, 0.3) is 5.91 Å². The lowest BCUT2D eigenvalue weighted by Gasteiger charge is -2.09. The molecule has 0 radical (unpaired) electrons. The van der Waals surface area contributed by atoms with Crippen LogP contribution in [0.15, 0.2) is 60.1 Å². The number of nitrogens with one attached hydrogen (secondary N) is 1. The largest absolute Gasteiger partial charge is 0.494 e. The molecule has 0 spiro atoms. The van der Waals surface area contributed by atoms with E-state index in [1.54, 1.807) is 30.5 Å². The number of nitrogens with zero attached hydrogens (tertiary/aromatic N) is 3. The van der Waals surface area contributed by atoms with Crippen LogP contribution in [0.3, 0.4) is 0 Å². The summed E-state index contributed by atoms with van der Waals surface area (Å²) in [6.07, 6.45) is 1.65. The summed E-state index contributed by atoms with van der Waals surface area (Å²) in [6, 6.07) is 15.3. The fourth-order valence-corrected chi connectivity index (χ4v) is 3.95. The van der Waals surface area contributed by atoms with E-state index in [9.17, 15) is 4.79 Å². The van der Waals surface area contributed by atoms with Gasteiger partial charge in [-0.15, -0.1) is 11.3 Å². The SMILES string of the molecule is CCOc1ccc(C(=O)Nc2cnc(C)n2-c2nc(-c3ccc(C)cc3)cs2)cc1. The Labute approximate surface area is 179 Å². The molecule has 4 rings (SSSR count). The molecule has 152 valence electrons. The molecule has 1 amide bonds. The Morgan fingerprint density at radius 1 is 1.10 bits per heavy atom. The molecule has 2 heterocycles. The molecule has 0 atom stereocenters. The molecule has 1 N–H and O–H groups in total. The van der Waals surface area contributed by atoms with Crippen molar-refractivity contribution >= 4 is 23.1 Å². The van der Waals surface area contributed by atoms with Gasteiger partial charge in [0.05, 0.1) is 18.5 Å². The summed E-state index contributed by atoms with van der Waals surface area (Å²) in [5.74, 6) is 1.86. The molecule has 6 nitrogen and oxygen atoms in total. The average molecular weight is 419 g/mol. The summed E-state index contributed by atoms with van der Waals surface area (Å²) >= 11 is 1.51. The van der Waals surface area contributed by atoms with E-state index in [1.165, 1.54) is 16.9 Å². The second-order valence-corrected chi connectivity index (χ2v) is 7.66. The molecular weight excluding hydrogens is 396 g/mol. The number of thiazole rings is 1. The third-order valence-corrected chi connectivity index (χ3v) is 5.46. The van der Waals surface area contributed by atoms with Crippen molar-refractivity contribution in [3.63, 3.8) is 0 Å². The van der Waals surface area contributed by atoms with E-state index >= 15 is 0 Å². The van der Waals surface area contributed by atoms with Crippen LogP contribution in [-0.2, 0) is 0 Å². The van der Waals surface area contributed by atoms with Crippen LogP contribution in [0, 0.1) is 13.8 Å². The van der Waals surface area contributed by atoms with E-state index in [1.807, 2.05) is 23.8 Å². The van der Waals surface area contributed by atoms with Gasteiger partial charge in [-0.3, -0.25) is 9.36 Å². The molecule has 0 saturated heterocycles. The maximum absolute atomic E-state index is 12.7. The number of aryl methyl sites for hydroxylation is 2. The smallest absolute Gasteiger partial charge is 0.256 e. The maximum atomic E-state index is 12.7. The first-order chi connectivity index (χ1) is 14.5. The zero-order chi connectivity index (χ0) is 21.1. The zero-order valence-electron chi connectivity index (χ0n) is 17.0. The Balaban J connectivity index is 1.57. The van der Waals surface area contributed by atoms with Crippen LogP contribution in [0.1, 0.15) is 28.7 Å². The molecule has 0 aliphatic carbocycles. The van der Waals surface area contributed by atoms with Crippen molar-refractivity contribution in [2.45, 2.75) is 20.8 Å². The van der Waals surface area contributed by atoms with Crippen LogP contribution in [-0.4, -0.2) is 27.0 Å². The van der Waals surface area contributed by atoms with Gasteiger partial charge in [0, 0.05) is 16.5 Å². The maximum Gasteiger partial charge on any atom is 0.256 e. The molecule has 0 saturated carbocycles. The van der Waals surface area contributed by atoms with Crippen LogP contribution in [0.25, 0.3) is 16.4 Å². The summed E-state index contributed by atoms with van der Waals surface area (Å²) in [7, 11) is 0. The third kappa shape index (κ3) is 4.11. The molecule has 0 fully saturated rings. The van der Waals surface area contributed by atoms with Crippen LogP contribution in [0.4, 0.5) is 5.82 Å². The fourth-order valence-electron chi connectivity index (χ4n) is 3.06. The summed E-state index contributed by atoms with van der Waals surface area (Å²) < 4.78 is 7.29. The number of hydrogen-bond acceptors (Lipinski definition) is 5. The van der Waals surface area contributed by atoms with E-state index in [4.69, 9.17) is 9.72 Å². The predicted octanol–water partition coefficient (Wildman–Crippen LogP) is 5.26. The fraction of sp³-hybridized carbons (Fsp3) is 0.174. The number of imidazole rings is 1. The number of carbonyl (C=O) groups is 1. The Bertz CT molecular complexity index is 1160. The van der Waals surface area contributed by atoms with E-state index in [-0.39, 0.29) is 5.91 Å². The van der Waals surface area contributed by atoms with Crippen LogP contribution in [0.5, 0.6) is 5.75 Å². The number of benzene rings is 2. The van der Waals surface area contributed by atoms with Gasteiger partial charge in [0.1, 0.15) is 17.4 Å². The van der Waals surface area contributed by atoms with E-state index in [2.05, 4.69) is 41.5 Å². The van der Waals surface area contributed by atoms with Crippen LogP contribution >= 0.6 is 11.3 Å². The Morgan fingerprint density at radius 2 is 1.83 bits per heavy atom. The van der Waals surface area contributed by atoms with E-state index < -0.39 is 0 Å². The summed E-state index contributed by atoms with van der Waals surface area (Å²) in [5, 5.41) is 5.71. The van der Waals surface area contributed by atoms with Gasteiger partial charge in [-0.1, -0.05) is 29.8 Å². The van der Waals surface area contributed by atoms with Crippen molar-refractivity contribution in [2.24, 2.45) is 0 Å². The molecule has 2 aromatic heterocycles. The Morgan fingerprint density at radius 3 is 2.53 bits per heavy atom. The summed E-state index contributed by atoms with van der Waals surface area (Å²) in [6.45, 7) is 6.46. The minimum Gasteiger partial charge on any atom is -0.494 e. The molecule has 0 aliphatic heterocycles. The Hall–Kier alpha value is -3.45. The van der Waals surface area contributed by atoms with Gasteiger partial charge < -0.3 is 10.1 Å². The van der Waals surface area contributed by atoms with Crippen molar-refractivity contribution in [3.05, 3.63) is 77.1 Å². The van der Waals surface area contributed by atoms with Crippen molar-refractivity contribution < 1.29 is 9.53 Å². The third-order valence-electron chi connectivity index (χ3n) is 4.64. The van der Waals surface area contributed by atoms with Gasteiger partial charge in [0.2, 0.25) is 0 Å². The standard InChI is InChI=1S/C23H22N4O2S/c1-4-29-19-11-9-18(10-12-19)22(28)26-21-13-24-16(3)27(21)23-25-20(14-30-23)17-7-5-15(2)6-8-17/h5-14H,4H2,1-3H3,(H,26,28). The number of rotatable bonds is 6. The van der Waals surface area contributed by atoms with E-state index in [0.717, 1.165) is 28.0 Å². The lowest BCUT2D eigenvalue weighted by atomic mass is 10.1. The minimum absolute atomic E-state index is 0.213. The average Bonchev–Trinajstić information content (AvgIpc) is 3.36. The van der Waals surface area contributed by atoms with Gasteiger partial charge in [-0.25, -0.2) is 9.97 Å². The number of carbonyl (C=O) groups excluding carboxylic acids is 1. The highest BCUT2D eigenvalue weighted by atomic mass is 32.1. The molecule has 30 heavy (non-hydrogen) atoms. The first-order valence-electron chi connectivity index (χ1n) is 9.66. The quantitative estimate of drug-likeness (QED) is 0.463. The first-order valence-corrected chi connectivity index (χ1v) is 10.5. The highest BCUT2D eigenvalue weighted by Crippen LogP contribution is 2.28. The predicted molar refractivity (Wildman–Crippen MR) is 120 cm³/mol. The minimum atomic E-state index is -0.213. The number of hydrogen-bond donors (Lipinski definition) is 1. The second-order valence-electron chi connectivity index (χ2n) is 6.82. The van der Waals surface area contributed by atoms with Crippen molar-refractivity contribution in [3.8, 4) is 22.1 Å². The lowest BCUT2D eigenvalue weighted by Crippen LogP contribution is -2.15. The number of anilines is 1. The molecule has 0 bridgehead atoms. The van der Waals surface area contributed by atoms with Crippen molar-refractivity contribution in [1.82, 2.24) is 14.5 Å². The molecule has 7 heteroatoms. The molecule has 0 aliphatic rings. The second kappa shape index (κ2) is 8.51. The number of amides is 1. The van der Waals surface area contributed by atoms with Crippen LogP contribution < -0.4 is 10.1 Å². The highest BCUT2D eigenvalue weighted by Gasteiger charge is 2.16. The first kappa shape index (κ1) is 19.8. The Kier molecular flexibility index (Phi) is 5.63. The normalized spacial score (nSPS) is 10.8. The monoisotopic (exact) mass is 418 g/mol. The van der Waals surface area contributed by atoms with Crippen molar-refractivity contribution in [1.29, 1.82) is 0 Å². The molecule has 0 unspecified atom stereocenters. The molecule has 2 aromatic carbocycles. The number of aromatic nitrogens is 3. The topological polar surface area (TPSA) is 69.0 Å².